The summed E-state index contributed by atoms with van der Waals surface area (Å²) in [5, 5.41) is 0. The Morgan fingerprint density at radius 2 is 1.52 bits per heavy atom. The van der Waals surface area contributed by atoms with Crippen LogP contribution in [0.5, 0.6) is 0 Å². The summed E-state index contributed by atoms with van der Waals surface area (Å²) in [5.41, 5.74) is 1.33. The van der Waals surface area contributed by atoms with Crippen molar-refractivity contribution in [2.75, 3.05) is 32.8 Å². The Morgan fingerprint density at radius 1 is 0.889 bits per heavy atom. The van der Waals surface area contributed by atoms with Gasteiger partial charge in [0, 0.05) is 51.1 Å². The van der Waals surface area contributed by atoms with Crippen molar-refractivity contribution in [2.24, 2.45) is 5.92 Å². The predicted octanol–water partition coefficient (Wildman–Crippen LogP) is 2.21. The molecule has 0 unspecified atom stereocenters. The van der Waals surface area contributed by atoms with Gasteiger partial charge in [0.1, 0.15) is 6.10 Å². The van der Waals surface area contributed by atoms with Gasteiger partial charge >= 0.3 is 0 Å². The van der Waals surface area contributed by atoms with Crippen LogP contribution in [0.15, 0.2) is 24.5 Å². The molecule has 3 saturated heterocycles. The summed E-state index contributed by atoms with van der Waals surface area (Å²) >= 11 is 0. The van der Waals surface area contributed by atoms with E-state index in [0.717, 1.165) is 51.6 Å². The minimum atomic E-state index is -0.246. The van der Waals surface area contributed by atoms with E-state index >= 15 is 0 Å². The van der Waals surface area contributed by atoms with Crippen LogP contribution in [-0.4, -0.2) is 65.5 Å². The van der Waals surface area contributed by atoms with Crippen LogP contribution in [0, 0.1) is 5.92 Å². The maximum absolute atomic E-state index is 12.9. The van der Waals surface area contributed by atoms with Crippen molar-refractivity contribution in [2.45, 2.75) is 50.5 Å². The molecule has 0 aromatic carbocycles. The zero-order valence-corrected chi connectivity index (χ0v) is 15.9. The number of piperidine rings is 2. The number of aromatic nitrogens is 1. The highest BCUT2D eigenvalue weighted by Gasteiger charge is 2.35. The standard InChI is InChI=1S/C21H29N3O3/c25-20(23-11-5-17(6-12-23)16-3-9-22-10-4-16)18-7-13-24(14-8-18)21(26)19-2-1-15-27-19/h3-4,9-10,17-19H,1-2,5-8,11-15H2/t19-/m1/s1. The summed E-state index contributed by atoms with van der Waals surface area (Å²) in [7, 11) is 0. The highest BCUT2D eigenvalue weighted by atomic mass is 16.5. The summed E-state index contributed by atoms with van der Waals surface area (Å²) in [6.45, 7) is 3.73. The minimum absolute atomic E-state index is 0.0658. The van der Waals surface area contributed by atoms with E-state index in [2.05, 4.69) is 17.1 Å². The number of nitrogens with zero attached hydrogens (tertiary/aromatic N) is 3. The zero-order valence-electron chi connectivity index (χ0n) is 15.9. The van der Waals surface area contributed by atoms with E-state index in [-0.39, 0.29) is 23.8 Å². The van der Waals surface area contributed by atoms with Crippen molar-refractivity contribution in [3.05, 3.63) is 30.1 Å². The highest BCUT2D eigenvalue weighted by Crippen LogP contribution is 2.30. The second kappa shape index (κ2) is 8.38. The molecule has 146 valence electrons. The molecule has 4 rings (SSSR count). The molecule has 0 radical (unpaired) electrons. The van der Waals surface area contributed by atoms with Gasteiger partial charge in [-0.05, 0) is 62.1 Å². The fourth-order valence-electron chi connectivity index (χ4n) is 4.65. The zero-order chi connectivity index (χ0) is 18.6. The molecule has 3 aliphatic heterocycles. The maximum atomic E-state index is 12.9. The third-order valence-electron chi connectivity index (χ3n) is 6.35. The number of carbonyl (C=O) groups is 2. The van der Waals surface area contributed by atoms with Crippen LogP contribution in [0.25, 0.3) is 0 Å². The van der Waals surface area contributed by atoms with Gasteiger partial charge in [0.05, 0.1) is 0 Å². The van der Waals surface area contributed by atoms with Gasteiger partial charge in [-0.15, -0.1) is 0 Å². The smallest absolute Gasteiger partial charge is 0.251 e. The van der Waals surface area contributed by atoms with Crippen molar-refractivity contribution in [3.8, 4) is 0 Å². The number of hydrogen-bond donors (Lipinski definition) is 0. The summed E-state index contributed by atoms with van der Waals surface area (Å²) in [5.74, 6) is 1.00. The molecule has 1 aromatic heterocycles. The van der Waals surface area contributed by atoms with Gasteiger partial charge in [-0.3, -0.25) is 14.6 Å². The molecule has 0 saturated carbocycles. The first kappa shape index (κ1) is 18.4. The molecule has 0 N–H and O–H groups in total. The molecule has 1 atom stereocenters. The molecule has 6 heteroatoms. The van der Waals surface area contributed by atoms with Gasteiger partial charge in [-0.2, -0.15) is 0 Å². The number of carbonyl (C=O) groups excluding carboxylic acids is 2. The molecular weight excluding hydrogens is 342 g/mol. The van der Waals surface area contributed by atoms with Gasteiger partial charge in [0.2, 0.25) is 5.91 Å². The van der Waals surface area contributed by atoms with Crippen molar-refractivity contribution in [3.63, 3.8) is 0 Å². The van der Waals surface area contributed by atoms with Crippen molar-refractivity contribution < 1.29 is 14.3 Å². The van der Waals surface area contributed by atoms with Crippen molar-refractivity contribution in [1.29, 1.82) is 0 Å². The van der Waals surface area contributed by atoms with E-state index in [4.69, 9.17) is 4.74 Å². The van der Waals surface area contributed by atoms with Crippen LogP contribution in [0.3, 0.4) is 0 Å². The molecule has 27 heavy (non-hydrogen) atoms. The van der Waals surface area contributed by atoms with Crippen molar-refractivity contribution in [1.82, 2.24) is 14.8 Å². The Balaban J connectivity index is 1.24. The van der Waals surface area contributed by atoms with Gasteiger partial charge in [0.15, 0.2) is 0 Å². The lowest BCUT2D eigenvalue weighted by molar-refractivity contribution is -0.146. The Labute approximate surface area is 160 Å². The predicted molar refractivity (Wildman–Crippen MR) is 101 cm³/mol. The van der Waals surface area contributed by atoms with E-state index in [1.165, 1.54) is 5.56 Å². The monoisotopic (exact) mass is 371 g/mol. The van der Waals surface area contributed by atoms with Gasteiger partial charge in [0.25, 0.3) is 5.91 Å². The lowest BCUT2D eigenvalue weighted by atomic mass is 9.88. The molecule has 6 nitrogen and oxygen atoms in total. The number of ether oxygens (including phenoxy) is 1. The molecular formula is C21H29N3O3. The molecule has 1 aromatic rings. The SMILES string of the molecule is O=C(C1CCN(C(=O)[C@H]2CCCO2)CC1)N1CCC(c2ccncc2)CC1. The van der Waals surface area contributed by atoms with Crippen LogP contribution < -0.4 is 0 Å². The average Bonchev–Trinajstić information content (AvgIpc) is 3.28. The highest BCUT2D eigenvalue weighted by molar-refractivity contribution is 5.82. The second-order valence-corrected chi connectivity index (χ2v) is 7.98. The van der Waals surface area contributed by atoms with E-state index in [1.54, 1.807) is 0 Å². The third kappa shape index (κ3) is 4.15. The topological polar surface area (TPSA) is 62.7 Å². The van der Waals surface area contributed by atoms with E-state index in [9.17, 15) is 9.59 Å². The number of amides is 2. The molecule has 4 heterocycles. The van der Waals surface area contributed by atoms with Crippen LogP contribution in [0.1, 0.15) is 50.0 Å². The quantitative estimate of drug-likeness (QED) is 0.817. The van der Waals surface area contributed by atoms with Gasteiger partial charge in [-0.1, -0.05) is 0 Å². The molecule has 3 aliphatic rings. The van der Waals surface area contributed by atoms with Crippen LogP contribution in [-0.2, 0) is 14.3 Å². The summed E-state index contributed by atoms with van der Waals surface area (Å²) in [6, 6.07) is 4.17. The number of rotatable bonds is 3. The second-order valence-electron chi connectivity index (χ2n) is 7.98. The Hall–Kier alpha value is -1.95. The summed E-state index contributed by atoms with van der Waals surface area (Å²) in [6.07, 6.45) is 8.85. The summed E-state index contributed by atoms with van der Waals surface area (Å²) in [4.78, 5) is 33.4. The lowest BCUT2D eigenvalue weighted by Gasteiger charge is -2.37. The fraction of sp³-hybridized carbons (Fsp3) is 0.667. The van der Waals surface area contributed by atoms with Gasteiger partial charge < -0.3 is 14.5 Å². The normalized spacial score (nSPS) is 25.0. The number of likely N-dealkylation sites (tertiary alicyclic amines) is 2. The Morgan fingerprint density at radius 3 is 2.15 bits per heavy atom. The van der Waals surface area contributed by atoms with E-state index in [1.807, 2.05) is 22.2 Å². The Bertz CT molecular complexity index is 644. The number of pyridine rings is 1. The maximum Gasteiger partial charge on any atom is 0.251 e. The first-order chi connectivity index (χ1) is 13.2. The lowest BCUT2D eigenvalue weighted by Crippen LogP contribution is -2.48. The molecule has 0 bridgehead atoms. The van der Waals surface area contributed by atoms with Crippen LogP contribution >= 0.6 is 0 Å². The minimum Gasteiger partial charge on any atom is -0.368 e. The van der Waals surface area contributed by atoms with Gasteiger partial charge in [-0.25, -0.2) is 0 Å². The van der Waals surface area contributed by atoms with Crippen LogP contribution in [0.4, 0.5) is 0 Å². The van der Waals surface area contributed by atoms with E-state index < -0.39 is 0 Å². The van der Waals surface area contributed by atoms with E-state index in [0.29, 0.717) is 25.6 Å². The van der Waals surface area contributed by atoms with Crippen LogP contribution in [0.2, 0.25) is 0 Å². The Kier molecular flexibility index (Phi) is 5.72. The summed E-state index contributed by atoms with van der Waals surface area (Å²) < 4.78 is 5.51. The number of hydrogen-bond acceptors (Lipinski definition) is 4. The average molecular weight is 371 g/mol. The first-order valence-corrected chi connectivity index (χ1v) is 10.3. The molecule has 0 spiro atoms. The van der Waals surface area contributed by atoms with Crippen molar-refractivity contribution >= 4 is 11.8 Å². The molecule has 2 amide bonds. The first-order valence-electron chi connectivity index (χ1n) is 10.3. The largest absolute Gasteiger partial charge is 0.368 e. The molecule has 3 fully saturated rings. The molecule has 0 aliphatic carbocycles. The fourth-order valence-corrected chi connectivity index (χ4v) is 4.65. The third-order valence-corrected chi connectivity index (χ3v) is 6.35.